The number of para-hydroxylation sites is 1. The number of carbonyl (C=O) groups excluding carboxylic acids is 1. The third-order valence-corrected chi connectivity index (χ3v) is 2.58. The SMILES string of the molecule is COc1ccccc1CC(N)CNC(=O)OC(C)(C)C. The van der Waals surface area contributed by atoms with Gasteiger partial charge in [0.2, 0.25) is 0 Å². The largest absolute Gasteiger partial charge is 0.496 e. The molecule has 0 radical (unpaired) electrons. The molecule has 0 aromatic heterocycles. The average molecular weight is 280 g/mol. The van der Waals surface area contributed by atoms with Crippen LogP contribution in [0.1, 0.15) is 26.3 Å². The van der Waals surface area contributed by atoms with Gasteiger partial charge >= 0.3 is 6.09 Å². The fourth-order valence-corrected chi connectivity index (χ4v) is 1.75. The molecule has 20 heavy (non-hydrogen) atoms. The molecule has 1 aromatic rings. The van der Waals surface area contributed by atoms with Crippen LogP contribution in [-0.4, -0.2) is 31.4 Å². The lowest BCUT2D eigenvalue weighted by Crippen LogP contribution is -2.41. The number of benzene rings is 1. The molecule has 1 amide bonds. The Balaban J connectivity index is 2.44. The lowest BCUT2D eigenvalue weighted by molar-refractivity contribution is 0.0524. The van der Waals surface area contributed by atoms with Gasteiger partial charge in [-0.1, -0.05) is 18.2 Å². The Hall–Kier alpha value is -1.75. The van der Waals surface area contributed by atoms with Gasteiger partial charge in [-0.05, 0) is 38.8 Å². The number of methoxy groups -OCH3 is 1. The minimum atomic E-state index is -0.503. The van der Waals surface area contributed by atoms with Crippen LogP contribution in [0.3, 0.4) is 0 Å². The maximum absolute atomic E-state index is 11.5. The monoisotopic (exact) mass is 280 g/mol. The van der Waals surface area contributed by atoms with Gasteiger partial charge in [-0.3, -0.25) is 0 Å². The molecular weight excluding hydrogens is 256 g/mol. The molecular formula is C15H24N2O3. The fourth-order valence-electron chi connectivity index (χ4n) is 1.75. The van der Waals surface area contributed by atoms with Gasteiger partial charge in [0.25, 0.3) is 0 Å². The molecule has 1 aromatic carbocycles. The highest BCUT2D eigenvalue weighted by Gasteiger charge is 2.17. The molecule has 1 atom stereocenters. The average Bonchev–Trinajstić information content (AvgIpc) is 2.35. The molecule has 1 rings (SSSR count). The molecule has 3 N–H and O–H groups in total. The first kappa shape index (κ1) is 16.3. The van der Waals surface area contributed by atoms with E-state index >= 15 is 0 Å². The summed E-state index contributed by atoms with van der Waals surface area (Å²) in [5.74, 6) is 0.806. The van der Waals surface area contributed by atoms with Crippen LogP contribution in [-0.2, 0) is 11.2 Å². The van der Waals surface area contributed by atoms with Crippen molar-refractivity contribution in [3.05, 3.63) is 29.8 Å². The molecule has 0 saturated heterocycles. The fraction of sp³-hybridized carbons (Fsp3) is 0.533. The van der Waals surface area contributed by atoms with E-state index in [9.17, 15) is 4.79 Å². The van der Waals surface area contributed by atoms with Gasteiger partial charge in [-0.2, -0.15) is 0 Å². The molecule has 5 nitrogen and oxygen atoms in total. The summed E-state index contributed by atoms with van der Waals surface area (Å²) in [6.45, 7) is 5.82. The number of alkyl carbamates (subject to hydrolysis) is 1. The summed E-state index contributed by atoms with van der Waals surface area (Å²) in [5.41, 5.74) is 6.53. The van der Waals surface area contributed by atoms with Crippen molar-refractivity contribution in [3.8, 4) is 5.75 Å². The molecule has 5 heteroatoms. The van der Waals surface area contributed by atoms with Gasteiger partial charge in [0.05, 0.1) is 7.11 Å². The maximum atomic E-state index is 11.5. The minimum Gasteiger partial charge on any atom is -0.496 e. The van der Waals surface area contributed by atoms with E-state index in [1.165, 1.54) is 0 Å². The van der Waals surface area contributed by atoms with Crippen LogP contribution < -0.4 is 15.8 Å². The summed E-state index contributed by atoms with van der Waals surface area (Å²) in [6, 6.07) is 7.51. The number of amides is 1. The number of hydrogen-bond acceptors (Lipinski definition) is 4. The summed E-state index contributed by atoms with van der Waals surface area (Å²) >= 11 is 0. The van der Waals surface area contributed by atoms with Gasteiger partial charge in [0.1, 0.15) is 11.4 Å². The highest BCUT2D eigenvalue weighted by atomic mass is 16.6. The zero-order valence-corrected chi connectivity index (χ0v) is 12.6. The summed E-state index contributed by atoms with van der Waals surface area (Å²) in [7, 11) is 1.63. The number of ether oxygens (including phenoxy) is 2. The van der Waals surface area contributed by atoms with Crippen molar-refractivity contribution in [1.29, 1.82) is 0 Å². The first-order chi connectivity index (χ1) is 9.31. The predicted molar refractivity (Wildman–Crippen MR) is 78.9 cm³/mol. The molecule has 0 fully saturated rings. The van der Waals surface area contributed by atoms with E-state index in [1.54, 1.807) is 7.11 Å². The first-order valence-corrected chi connectivity index (χ1v) is 6.66. The van der Waals surface area contributed by atoms with E-state index in [0.29, 0.717) is 13.0 Å². The van der Waals surface area contributed by atoms with Crippen molar-refractivity contribution >= 4 is 6.09 Å². The van der Waals surface area contributed by atoms with Crippen molar-refractivity contribution in [1.82, 2.24) is 5.32 Å². The number of hydrogen-bond donors (Lipinski definition) is 2. The number of nitrogens with one attached hydrogen (secondary N) is 1. The lowest BCUT2D eigenvalue weighted by Gasteiger charge is -2.21. The van der Waals surface area contributed by atoms with Crippen LogP contribution >= 0.6 is 0 Å². The van der Waals surface area contributed by atoms with Crippen LogP contribution in [0.4, 0.5) is 4.79 Å². The lowest BCUT2D eigenvalue weighted by atomic mass is 10.1. The summed E-state index contributed by atoms with van der Waals surface area (Å²) in [5, 5.41) is 2.67. The molecule has 0 aliphatic carbocycles. The van der Waals surface area contributed by atoms with Crippen LogP contribution in [0.25, 0.3) is 0 Å². The molecule has 1 unspecified atom stereocenters. The van der Waals surface area contributed by atoms with Crippen molar-refractivity contribution in [3.63, 3.8) is 0 Å². The molecule has 0 spiro atoms. The number of carbonyl (C=O) groups is 1. The topological polar surface area (TPSA) is 73.6 Å². The van der Waals surface area contributed by atoms with E-state index in [4.69, 9.17) is 15.2 Å². The first-order valence-electron chi connectivity index (χ1n) is 6.66. The van der Waals surface area contributed by atoms with Gasteiger partial charge in [-0.15, -0.1) is 0 Å². The predicted octanol–water partition coefficient (Wildman–Crippen LogP) is 2.09. The van der Waals surface area contributed by atoms with Gasteiger partial charge in [0, 0.05) is 12.6 Å². The second-order valence-electron chi connectivity index (χ2n) is 5.66. The summed E-state index contributed by atoms with van der Waals surface area (Å²) < 4.78 is 10.4. The molecule has 0 aliphatic heterocycles. The number of rotatable bonds is 5. The van der Waals surface area contributed by atoms with Crippen molar-refractivity contribution in [2.75, 3.05) is 13.7 Å². The molecule has 0 saturated carbocycles. The van der Waals surface area contributed by atoms with Crippen molar-refractivity contribution in [2.24, 2.45) is 5.73 Å². The minimum absolute atomic E-state index is 0.196. The van der Waals surface area contributed by atoms with E-state index in [-0.39, 0.29) is 6.04 Å². The van der Waals surface area contributed by atoms with Crippen molar-refractivity contribution in [2.45, 2.75) is 38.8 Å². The smallest absolute Gasteiger partial charge is 0.407 e. The van der Waals surface area contributed by atoms with Crippen LogP contribution in [0.15, 0.2) is 24.3 Å². The molecule has 0 heterocycles. The maximum Gasteiger partial charge on any atom is 0.407 e. The van der Waals surface area contributed by atoms with Crippen molar-refractivity contribution < 1.29 is 14.3 Å². The second-order valence-corrected chi connectivity index (χ2v) is 5.66. The zero-order valence-electron chi connectivity index (χ0n) is 12.6. The normalized spacial score (nSPS) is 12.7. The summed E-state index contributed by atoms with van der Waals surface area (Å²) in [4.78, 5) is 11.5. The van der Waals surface area contributed by atoms with Gasteiger partial charge in [-0.25, -0.2) is 4.79 Å². The second kappa shape index (κ2) is 7.14. The Bertz CT molecular complexity index is 441. The zero-order chi connectivity index (χ0) is 15.2. The Morgan fingerprint density at radius 1 is 1.35 bits per heavy atom. The van der Waals surface area contributed by atoms with Gasteiger partial charge in [0.15, 0.2) is 0 Å². The van der Waals surface area contributed by atoms with Crippen LogP contribution in [0, 0.1) is 0 Å². The van der Waals surface area contributed by atoms with E-state index in [1.807, 2.05) is 45.0 Å². The molecule has 0 aliphatic rings. The Kier molecular flexibility index (Phi) is 5.82. The van der Waals surface area contributed by atoms with Gasteiger partial charge < -0.3 is 20.5 Å². The Morgan fingerprint density at radius 2 is 2.00 bits per heavy atom. The Labute approximate surface area is 120 Å². The highest BCUT2D eigenvalue weighted by molar-refractivity contribution is 5.67. The summed E-state index contributed by atoms with van der Waals surface area (Å²) in [6.07, 6.45) is 0.174. The number of nitrogens with two attached hydrogens (primary N) is 1. The van der Waals surface area contributed by atoms with Crippen LogP contribution in [0.5, 0.6) is 5.75 Å². The Morgan fingerprint density at radius 3 is 2.60 bits per heavy atom. The molecule has 0 bridgehead atoms. The molecule has 112 valence electrons. The van der Waals surface area contributed by atoms with E-state index < -0.39 is 11.7 Å². The van der Waals surface area contributed by atoms with Crippen LogP contribution in [0.2, 0.25) is 0 Å². The van der Waals surface area contributed by atoms with E-state index in [0.717, 1.165) is 11.3 Å². The standard InChI is InChI=1S/C15H24N2O3/c1-15(2,3)20-14(18)17-10-12(16)9-11-7-5-6-8-13(11)19-4/h5-8,12H,9-10,16H2,1-4H3,(H,17,18). The quantitative estimate of drug-likeness (QED) is 0.866. The van der Waals surface area contributed by atoms with E-state index in [2.05, 4.69) is 5.32 Å². The highest BCUT2D eigenvalue weighted by Crippen LogP contribution is 2.18. The third kappa shape index (κ3) is 5.93. The third-order valence-electron chi connectivity index (χ3n) is 2.58.